The van der Waals surface area contributed by atoms with Gasteiger partial charge in [0.05, 0.1) is 0 Å². The van der Waals surface area contributed by atoms with Crippen LogP contribution in [0.4, 0.5) is 0 Å². The summed E-state index contributed by atoms with van der Waals surface area (Å²) in [5.74, 6) is 0.587. The van der Waals surface area contributed by atoms with Crippen molar-refractivity contribution in [2.75, 3.05) is 0 Å². The van der Waals surface area contributed by atoms with Crippen LogP contribution in [0.1, 0.15) is 27.7 Å². The van der Waals surface area contributed by atoms with Gasteiger partial charge in [0, 0.05) is 0 Å². The number of hydrogen-bond donors (Lipinski definition) is 0. The maximum absolute atomic E-state index is 3.84. The molecule has 0 unspecified atom stereocenters. The van der Waals surface area contributed by atoms with Crippen LogP contribution in [0.25, 0.3) is 0 Å². The molecule has 0 heteroatoms. The second kappa shape index (κ2) is 11.0. The summed E-state index contributed by atoms with van der Waals surface area (Å²) < 4.78 is 0. The van der Waals surface area contributed by atoms with Crippen LogP contribution in [-0.2, 0) is 0 Å². The largest absolute Gasteiger partial charge is 0.0991 e. The minimum absolute atomic E-state index is 0.587. The van der Waals surface area contributed by atoms with Crippen molar-refractivity contribution in [3.63, 3.8) is 0 Å². The van der Waals surface area contributed by atoms with Crippen molar-refractivity contribution in [1.82, 2.24) is 0 Å². The first-order valence-corrected chi connectivity index (χ1v) is 4.83. The standard InChI is InChI=1S/C11H16.C2H6/c1-5-6-7-11(4)9-8-10(2)3;1-2/h5-10H,1,4H2,2-3H3;1-2H3/b7-6-,9-8+;. The lowest BCUT2D eigenvalue weighted by Crippen LogP contribution is -1.77. The highest BCUT2D eigenvalue weighted by molar-refractivity contribution is 5.29. The van der Waals surface area contributed by atoms with E-state index in [1.807, 2.05) is 32.1 Å². The minimum Gasteiger partial charge on any atom is -0.0991 e. The molecule has 0 aliphatic rings. The van der Waals surface area contributed by atoms with E-state index in [0.717, 1.165) is 5.57 Å². The molecule has 0 atom stereocenters. The van der Waals surface area contributed by atoms with Gasteiger partial charge in [0.15, 0.2) is 0 Å². The van der Waals surface area contributed by atoms with E-state index in [1.165, 1.54) is 0 Å². The predicted octanol–water partition coefficient (Wildman–Crippen LogP) is 4.52. The monoisotopic (exact) mass is 178 g/mol. The van der Waals surface area contributed by atoms with E-state index in [2.05, 4.69) is 33.1 Å². The molecule has 0 saturated heterocycles. The number of allylic oxidation sites excluding steroid dienone is 6. The van der Waals surface area contributed by atoms with Gasteiger partial charge in [0.2, 0.25) is 0 Å². The summed E-state index contributed by atoms with van der Waals surface area (Å²) >= 11 is 0. The fourth-order valence-electron chi connectivity index (χ4n) is 0.563. The predicted molar refractivity (Wildman–Crippen MR) is 63.8 cm³/mol. The zero-order chi connectivity index (χ0) is 10.7. The molecule has 13 heavy (non-hydrogen) atoms. The van der Waals surface area contributed by atoms with E-state index in [1.54, 1.807) is 6.08 Å². The normalized spacial score (nSPS) is 10.2. The third kappa shape index (κ3) is 13.9. The van der Waals surface area contributed by atoms with Crippen molar-refractivity contribution < 1.29 is 0 Å². The first-order valence-electron chi connectivity index (χ1n) is 4.83. The summed E-state index contributed by atoms with van der Waals surface area (Å²) in [6.45, 7) is 15.7. The second-order valence-electron chi connectivity index (χ2n) is 2.77. The summed E-state index contributed by atoms with van der Waals surface area (Å²) in [7, 11) is 0. The second-order valence-corrected chi connectivity index (χ2v) is 2.77. The van der Waals surface area contributed by atoms with Crippen molar-refractivity contribution >= 4 is 0 Å². The van der Waals surface area contributed by atoms with Gasteiger partial charge >= 0.3 is 0 Å². The number of hydrogen-bond acceptors (Lipinski definition) is 0. The lowest BCUT2D eigenvalue weighted by Gasteiger charge is -1.92. The van der Waals surface area contributed by atoms with Crippen LogP contribution in [0.15, 0.2) is 49.1 Å². The molecule has 74 valence electrons. The summed E-state index contributed by atoms with van der Waals surface area (Å²) in [5.41, 5.74) is 1.01. The molecule has 0 saturated carbocycles. The van der Waals surface area contributed by atoms with Gasteiger partial charge < -0.3 is 0 Å². The minimum atomic E-state index is 0.587. The molecule has 0 aromatic carbocycles. The van der Waals surface area contributed by atoms with E-state index >= 15 is 0 Å². The highest BCUT2D eigenvalue weighted by atomic mass is 13.9. The van der Waals surface area contributed by atoms with Crippen LogP contribution in [0.3, 0.4) is 0 Å². The molecular weight excluding hydrogens is 156 g/mol. The fraction of sp³-hybridized carbons (Fsp3) is 0.385. The molecule has 0 radical (unpaired) electrons. The molecule has 0 amide bonds. The zero-order valence-electron chi connectivity index (χ0n) is 9.38. The molecule has 0 aromatic rings. The summed E-state index contributed by atoms with van der Waals surface area (Å²) in [4.78, 5) is 0. The molecule has 0 spiro atoms. The van der Waals surface area contributed by atoms with E-state index in [9.17, 15) is 0 Å². The molecule has 0 aliphatic carbocycles. The average Bonchev–Trinajstić information content (AvgIpc) is 2.14. The fourth-order valence-corrected chi connectivity index (χ4v) is 0.563. The van der Waals surface area contributed by atoms with Gasteiger partial charge in [-0.2, -0.15) is 0 Å². The Hall–Kier alpha value is -1.04. The van der Waals surface area contributed by atoms with E-state index in [4.69, 9.17) is 0 Å². The summed E-state index contributed by atoms with van der Waals surface area (Å²) in [5, 5.41) is 0. The average molecular weight is 178 g/mol. The Labute approximate surface area is 83.4 Å². The molecule has 0 nitrogen and oxygen atoms in total. The first-order chi connectivity index (χ1) is 6.16. The highest BCUT2D eigenvalue weighted by Crippen LogP contribution is 2.00. The lowest BCUT2D eigenvalue weighted by atomic mass is 10.1. The Bertz CT molecular complexity index is 180. The quantitative estimate of drug-likeness (QED) is 0.555. The van der Waals surface area contributed by atoms with Crippen molar-refractivity contribution in [2.24, 2.45) is 5.92 Å². The Kier molecular flexibility index (Phi) is 12.2. The van der Waals surface area contributed by atoms with Gasteiger partial charge in [0.1, 0.15) is 0 Å². The first kappa shape index (κ1) is 14.5. The number of rotatable bonds is 4. The zero-order valence-corrected chi connectivity index (χ0v) is 9.38. The Morgan fingerprint density at radius 3 is 2.08 bits per heavy atom. The smallest absolute Gasteiger partial charge is 0.0287 e. The third-order valence-electron chi connectivity index (χ3n) is 1.14. The van der Waals surface area contributed by atoms with E-state index in [-0.39, 0.29) is 0 Å². The maximum atomic E-state index is 3.84. The van der Waals surface area contributed by atoms with Crippen LogP contribution in [0.5, 0.6) is 0 Å². The van der Waals surface area contributed by atoms with Crippen molar-refractivity contribution in [3.8, 4) is 0 Å². The Balaban J connectivity index is 0. The van der Waals surface area contributed by atoms with Gasteiger partial charge in [-0.15, -0.1) is 0 Å². The Morgan fingerprint density at radius 2 is 1.69 bits per heavy atom. The van der Waals surface area contributed by atoms with Crippen LogP contribution < -0.4 is 0 Å². The molecule has 0 aliphatic heterocycles. The summed E-state index contributed by atoms with van der Waals surface area (Å²) in [6.07, 6.45) is 9.70. The van der Waals surface area contributed by atoms with Crippen molar-refractivity contribution in [2.45, 2.75) is 27.7 Å². The molecule has 0 bridgehead atoms. The van der Waals surface area contributed by atoms with Gasteiger partial charge in [-0.3, -0.25) is 0 Å². The summed E-state index contributed by atoms with van der Waals surface area (Å²) in [6, 6.07) is 0. The molecular formula is C13H22. The van der Waals surface area contributed by atoms with E-state index < -0.39 is 0 Å². The lowest BCUT2D eigenvalue weighted by molar-refractivity contribution is 0.831. The van der Waals surface area contributed by atoms with Crippen LogP contribution >= 0.6 is 0 Å². The third-order valence-corrected chi connectivity index (χ3v) is 1.14. The van der Waals surface area contributed by atoms with Crippen LogP contribution in [-0.4, -0.2) is 0 Å². The SMILES string of the molecule is C=C/C=C\C(=C)/C=C/C(C)C.CC. The van der Waals surface area contributed by atoms with Crippen molar-refractivity contribution in [1.29, 1.82) is 0 Å². The van der Waals surface area contributed by atoms with Gasteiger partial charge in [0.25, 0.3) is 0 Å². The topological polar surface area (TPSA) is 0 Å². The van der Waals surface area contributed by atoms with E-state index in [0.29, 0.717) is 5.92 Å². The molecule has 0 aromatic heterocycles. The van der Waals surface area contributed by atoms with Gasteiger partial charge in [-0.05, 0) is 11.5 Å². The van der Waals surface area contributed by atoms with Gasteiger partial charge in [-0.1, -0.05) is 71.2 Å². The highest BCUT2D eigenvalue weighted by Gasteiger charge is 1.83. The maximum Gasteiger partial charge on any atom is -0.0287 e. The molecule has 0 rings (SSSR count). The van der Waals surface area contributed by atoms with Crippen molar-refractivity contribution in [3.05, 3.63) is 49.1 Å². The van der Waals surface area contributed by atoms with Crippen LogP contribution in [0, 0.1) is 5.92 Å². The van der Waals surface area contributed by atoms with Gasteiger partial charge in [-0.25, -0.2) is 0 Å². The Morgan fingerprint density at radius 1 is 1.15 bits per heavy atom. The van der Waals surface area contributed by atoms with Crippen LogP contribution in [0.2, 0.25) is 0 Å². The molecule has 0 fully saturated rings. The molecule has 0 N–H and O–H groups in total. The molecule has 0 heterocycles.